The third kappa shape index (κ3) is 1.72. The van der Waals surface area contributed by atoms with Crippen LogP contribution in [0.15, 0.2) is 60.7 Å². The van der Waals surface area contributed by atoms with Gasteiger partial charge >= 0.3 is 0 Å². The van der Waals surface area contributed by atoms with Crippen molar-refractivity contribution in [3.63, 3.8) is 0 Å². The standard InChI is InChI=1S/C14H10.HI/c1-3-7-13-11(5-1)9-10-12-6-2-4-8-14(12)13;/h1-10H;1H. The molecule has 3 aromatic carbocycles. The molecule has 0 radical (unpaired) electrons. The van der Waals surface area contributed by atoms with Crippen molar-refractivity contribution < 1.29 is 0 Å². The molecule has 3 aromatic rings. The Kier molecular flexibility index (Phi) is 2.91. The normalized spacial score (nSPS) is 10.1. The van der Waals surface area contributed by atoms with Crippen LogP contribution in [0.3, 0.4) is 0 Å². The molecule has 0 spiro atoms. The van der Waals surface area contributed by atoms with Crippen molar-refractivity contribution in [2.24, 2.45) is 0 Å². The fourth-order valence-corrected chi connectivity index (χ4v) is 1.95. The first kappa shape index (κ1) is 10.4. The second kappa shape index (κ2) is 4.19. The van der Waals surface area contributed by atoms with Gasteiger partial charge in [0.15, 0.2) is 0 Å². The second-order valence-corrected chi connectivity index (χ2v) is 3.51. The molecule has 0 N–H and O–H groups in total. The van der Waals surface area contributed by atoms with Crippen LogP contribution in [0.1, 0.15) is 0 Å². The molecule has 0 atom stereocenters. The summed E-state index contributed by atoms with van der Waals surface area (Å²) in [6.07, 6.45) is 0. The van der Waals surface area contributed by atoms with E-state index in [1.54, 1.807) is 0 Å². The van der Waals surface area contributed by atoms with E-state index in [1.807, 2.05) is 0 Å². The Morgan fingerprint density at radius 2 is 0.867 bits per heavy atom. The lowest BCUT2D eigenvalue weighted by molar-refractivity contribution is 1.76. The van der Waals surface area contributed by atoms with Crippen LogP contribution in [0.25, 0.3) is 21.5 Å². The van der Waals surface area contributed by atoms with Crippen LogP contribution in [-0.2, 0) is 0 Å². The zero-order chi connectivity index (χ0) is 9.38. The molecular weight excluding hydrogens is 295 g/mol. The van der Waals surface area contributed by atoms with Crippen molar-refractivity contribution in [3.8, 4) is 0 Å². The molecule has 0 heterocycles. The molecule has 1 heteroatoms. The highest BCUT2D eigenvalue weighted by molar-refractivity contribution is 14.0. The smallest absolute Gasteiger partial charge is 0.0105 e. The summed E-state index contributed by atoms with van der Waals surface area (Å²) in [4.78, 5) is 0. The van der Waals surface area contributed by atoms with E-state index in [-0.39, 0.29) is 24.0 Å². The van der Waals surface area contributed by atoms with Gasteiger partial charge in [-0.15, -0.1) is 24.0 Å². The molecule has 0 aliphatic carbocycles. The van der Waals surface area contributed by atoms with Gasteiger partial charge < -0.3 is 0 Å². The zero-order valence-corrected chi connectivity index (χ0v) is 10.5. The third-order valence-corrected chi connectivity index (χ3v) is 2.65. The lowest BCUT2D eigenvalue weighted by Crippen LogP contribution is -1.75. The summed E-state index contributed by atoms with van der Waals surface area (Å²) in [5, 5.41) is 5.30. The first-order valence-corrected chi connectivity index (χ1v) is 4.82. The van der Waals surface area contributed by atoms with Crippen LogP contribution in [0.4, 0.5) is 0 Å². The lowest BCUT2D eigenvalue weighted by atomic mass is 10.0. The molecule has 0 nitrogen and oxygen atoms in total. The number of halogens is 1. The van der Waals surface area contributed by atoms with Crippen molar-refractivity contribution in [3.05, 3.63) is 60.7 Å². The van der Waals surface area contributed by atoms with Crippen LogP contribution in [-0.4, -0.2) is 0 Å². The van der Waals surface area contributed by atoms with Crippen LogP contribution >= 0.6 is 24.0 Å². The number of fused-ring (bicyclic) bond motifs is 3. The Morgan fingerprint density at radius 3 is 1.33 bits per heavy atom. The predicted molar refractivity (Wildman–Crippen MR) is 76.9 cm³/mol. The first-order chi connectivity index (χ1) is 6.95. The molecule has 74 valence electrons. The van der Waals surface area contributed by atoms with Gasteiger partial charge in [0.2, 0.25) is 0 Å². The summed E-state index contributed by atoms with van der Waals surface area (Å²) in [5.41, 5.74) is 0. The van der Waals surface area contributed by atoms with E-state index in [4.69, 9.17) is 0 Å². The number of benzene rings is 3. The topological polar surface area (TPSA) is 0 Å². The van der Waals surface area contributed by atoms with Crippen LogP contribution in [0, 0.1) is 0 Å². The quantitative estimate of drug-likeness (QED) is 0.420. The summed E-state index contributed by atoms with van der Waals surface area (Å²) in [5.74, 6) is 0. The maximum atomic E-state index is 2.18. The molecule has 0 aromatic heterocycles. The van der Waals surface area contributed by atoms with E-state index in [1.165, 1.54) is 21.5 Å². The number of rotatable bonds is 0. The Labute approximate surface area is 106 Å². The van der Waals surface area contributed by atoms with Crippen molar-refractivity contribution >= 4 is 45.5 Å². The minimum absolute atomic E-state index is 0. The molecule has 0 saturated carbocycles. The van der Waals surface area contributed by atoms with Gasteiger partial charge in [0, 0.05) is 0 Å². The minimum Gasteiger partial charge on any atom is -0.107 e. The Balaban J connectivity index is 0.000000853. The monoisotopic (exact) mass is 306 g/mol. The Hall–Kier alpha value is -1.09. The summed E-state index contributed by atoms with van der Waals surface area (Å²) < 4.78 is 0. The van der Waals surface area contributed by atoms with Gasteiger partial charge in [-0.3, -0.25) is 0 Å². The highest BCUT2D eigenvalue weighted by atomic mass is 127. The molecule has 3 rings (SSSR count). The van der Waals surface area contributed by atoms with Gasteiger partial charge in [-0.1, -0.05) is 60.7 Å². The van der Waals surface area contributed by atoms with Crippen LogP contribution in [0.2, 0.25) is 0 Å². The Morgan fingerprint density at radius 1 is 0.467 bits per heavy atom. The van der Waals surface area contributed by atoms with Crippen molar-refractivity contribution in [2.45, 2.75) is 0 Å². The minimum atomic E-state index is 0. The van der Waals surface area contributed by atoms with Crippen LogP contribution < -0.4 is 0 Å². The summed E-state index contributed by atoms with van der Waals surface area (Å²) in [7, 11) is 0. The Bertz CT molecular complexity index is 544. The molecule has 0 unspecified atom stereocenters. The number of hydrogen-bond acceptors (Lipinski definition) is 0. The van der Waals surface area contributed by atoms with E-state index in [0.717, 1.165) is 0 Å². The average molecular weight is 306 g/mol. The summed E-state index contributed by atoms with van der Waals surface area (Å²) in [6, 6.07) is 21.4. The van der Waals surface area contributed by atoms with E-state index in [2.05, 4.69) is 60.7 Å². The second-order valence-electron chi connectivity index (χ2n) is 3.51. The van der Waals surface area contributed by atoms with Crippen molar-refractivity contribution in [2.75, 3.05) is 0 Å². The van der Waals surface area contributed by atoms with E-state index >= 15 is 0 Å². The number of hydrogen-bond donors (Lipinski definition) is 0. The molecular formula is C14H11I. The predicted octanol–water partition coefficient (Wildman–Crippen LogP) is 4.61. The van der Waals surface area contributed by atoms with Crippen molar-refractivity contribution in [1.29, 1.82) is 0 Å². The molecule has 15 heavy (non-hydrogen) atoms. The summed E-state index contributed by atoms with van der Waals surface area (Å²) in [6.45, 7) is 0. The maximum Gasteiger partial charge on any atom is -0.0105 e. The van der Waals surface area contributed by atoms with Gasteiger partial charge in [0.25, 0.3) is 0 Å². The van der Waals surface area contributed by atoms with Crippen LogP contribution in [0.5, 0.6) is 0 Å². The van der Waals surface area contributed by atoms with Gasteiger partial charge in [-0.25, -0.2) is 0 Å². The fraction of sp³-hybridized carbons (Fsp3) is 0. The SMILES string of the molecule is I.c1ccc2c(c1)ccc1ccccc12. The molecule has 0 aliphatic heterocycles. The molecule has 0 fully saturated rings. The van der Waals surface area contributed by atoms with E-state index in [9.17, 15) is 0 Å². The van der Waals surface area contributed by atoms with Crippen molar-refractivity contribution in [1.82, 2.24) is 0 Å². The maximum absolute atomic E-state index is 2.18. The van der Waals surface area contributed by atoms with Gasteiger partial charge in [0.05, 0.1) is 0 Å². The van der Waals surface area contributed by atoms with Gasteiger partial charge in [0.1, 0.15) is 0 Å². The van der Waals surface area contributed by atoms with Gasteiger partial charge in [-0.05, 0) is 21.5 Å². The fourth-order valence-electron chi connectivity index (χ4n) is 1.95. The molecule has 0 amide bonds. The van der Waals surface area contributed by atoms with E-state index in [0.29, 0.717) is 0 Å². The molecule has 0 saturated heterocycles. The average Bonchev–Trinajstić information content (AvgIpc) is 2.29. The largest absolute Gasteiger partial charge is 0.107 e. The lowest BCUT2D eigenvalue weighted by Gasteiger charge is -2.02. The van der Waals surface area contributed by atoms with E-state index < -0.39 is 0 Å². The highest BCUT2D eigenvalue weighted by Gasteiger charge is 1.97. The summed E-state index contributed by atoms with van der Waals surface area (Å²) >= 11 is 0. The zero-order valence-electron chi connectivity index (χ0n) is 8.18. The molecule has 0 aliphatic rings. The first-order valence-electron chi connectivity index (χ1n) is 4.82. The third-order valence-electron chi connectivity index (χ3n) is 2.65. The van der Waals surface area contributed by atoms with Gasteiger partial charge in [-0.2, -0.15) is 0 Å². The highest BCUT2D eigenvalue weighted by Crippen LogP contribution is 2.24. The molecule has 0 bridgehead atoms.